The second-order valence-corrected chi connectivity index (χ2v) is 5.82. The maximum atomic E-state index is 5.38. The quantitative estimate of drug-likeness (QED) is 0.841. The molecule has 0 saturated carbocycles. The Morgan fingerprint density at radius 2 is 2.20 bits per heavy atom. The van der Waals surface area contributed by atoms with Gasteiger partial charge >= 0.3 is 0 Å². The Bertz CT molecular complexity index is 528. The summed E-state index contributed by atoms with van der Waals surface area (Å²) in [4.78, 5) is 0. The number of nitrogens with zero attached hydrogens (tertiary/aromatic N) is 3. The van der Waals surface area contributed by atoms with Crippen molar-refractivity contribution in [3.05, 3.63) is 33.9 Å². The third-order valence-electron chi connectivity index (χ3n) is 3.30. The highest BCUT2D eigenvalue weighted by molar-refractivity contribution is 9.10. The van der Waals surface area contributed by atoms with Gasteiger partial charge in [-0.15, -0.1) is 0 Å². The molecule has 0 unspecified atom stereocenters. The number of hydrogen-bond donors (Lipinski definition) is 1. The molecule has 0 bridgehead atoms. The summed E-state index contributed by atoms with van der Waals surface area (Å²) < 4.78 is 8.31. The van der Waals surface area contributed by atoms with Crippen molar-refractivity contribution in [3.63, 3.8) is 0 Å². The van der Waals surface area contributed by atoms with Gasteiger partial charge in [-0.25, -0.2) is 0 Å². The number of hydrogen-bond acceptors (Lipinski definition) is 4. The van der Waals surface area contributed by atoms with Gasteiger partial charge in [-0.05, 0) is 29.3 Å². The van der Waals surface area contributed by atoms with E-state index in [1.165, 1.54) is 5.56 Å². The van der Waals surface area contributed by atoms with E-state index in [9.17, 15) is 0 Å². The van der Waals surface area contributed by atoms with E-state index >= 15 is 0 Å². The van der Waals surface area contributed by atoms with Crippen molar-refractivity contribution >= 4 is 15.9 Å². The van der Waals surface area contributed by atoms with Gasteiger partial charge in [-0.3, -0.25) is 4.68 Å². The standard InChI is InChI=1S/C14H21BrN4O/c1-4-13-12(14(5-2)20-18-13)7-16-10(3)8-19-9-11(15)6-17-19/h6,9-10,16H,4-5,7-8H2,1-3H3/t10-/m1/s1. The zero-order valence-electron chi connectivity index (χ0n) is 12.2. The lowest BCUT2D eigenvalue weighted by molar-refractivity contribution is 0.378. The van der Waals surface area contributed by atoms with Gasteiger partial charge in [-0.2, -0.15) is 5.10 Å². The third-order valence-corrected chi connectivity index (χ3v) is 3.71. The molecule has 0 radical (unpaired) electrons. The monoisotopic (exact) mass is 340 g/mol. The maximum Gasteiger partial charge on any atom is 0.141 e. The van der Waals surface area contributed by atoms with Crippen LogP contribution in [0.25, 0.3) is 0 Å². The fraction of sp³-hybridized carbons (Fsp3) is 0.571. The summed E-state index contributed by atoms with van der Waals surface area (Å²) in [5.41, 5.74) is 2.27. The molecule has 2 aromatic rings. The fourth-order valence-corrected chi connectivity index (χ4v) is 2.53. The average molecular weight is 341 g/mol. The summed E-state index contributed by atoms with van der Waals surface area (Å²) >= 11 is 3.41. The summed E-state index contributed by atoms with van der Waals surface area (Å²) in [6, 6.07) is 0.325. The number of halogens is 1. The van der Waals surface area contributed by atoms with E-state index in [4.69, 9.17) is 4.52 Å². The largest absolute Gasteiger partial charge is 0.361 e. The molecule has 0 amide bonds. The van der Waals surface area contributed by atoms with Gasteiger partial charge in [0.05, 0.1) is 22.9 Å². The predicted molar refractivity (Wildman–Crippen MR) is 81.5 cm³/mol. The van der Waals surface area contributed by atoms with Crippen molar-refractivity contribution in [2.75, 3.05) is 0 Å². The molecule has 0 spiro atoms. The molecule has 6 heteroatoms. The van der Waals surface area contributed by atoms with Crippen LogP contribution in [0.3, 0.4) is 0 Å². The summed E-state index contributed by atoms with van der Waals surface area (Å²) in [5.74, 6) is 0.989. The summed E-state index contributed by atoms with van der Waals surface area (Å²) in [6.07, 6.45) is 5.56. The predicted octanol–water partition coefficient (Wildman–Crippen LogP) is 2.94. The highest BCUT2D eigenvalue weighted by Crippen LogP contribution is 2.15. The molecular formula is C14H21BrN4O. The maximum absolute atomic E-state index is 5.38. The van der Waals surface area contributed by atoms with Crippen LogP contribution in [0.15, 0.2) is 21.4 Å². The van der Waals surface area contributed by atoms with E-state index < -0.39 is 0 Å². The smallest absolute Gasteiger partial charge is 0.141 e. The lowest BCUT2D eigenvalue weighted by atomic mass is 10.1. The molecule has 0 saturated heterocycles. The molecule has 110 valence electrons. The SMILES string of the molecule is CCc1noc(CC)c1CN[C@H](C)Cn1cc(Br)cn1. The zero-order valence-corrected chi connectivity index (χ0v) is 13.8. The Morgan fingerprint density at radius 3 is 2.80 bits per heavy atom. The van der Waals surface area contributed by atoms with Crippen molar-refractivity contribution in [2.45, 2.75) is 52.7 Å². The van der Waals surface area contributed by atoms with Crippen molar-refractivity contribution in [1.29, 1.82) is 0 Å². The summed E-state index contributed by atoms with van der Waals surface area (Å²) in [6.45, 7) is 7.97. The first-order valence-electron chi connectivity index (χ1n) is 7.01. The zero-order chi connectivity index (χ0) is 14.5. The second kappa shape index (κ2) is 7.04. The Morgan fingerprint density at radius 1 is 1.40 bits per heavy atom. The van der Waals surface area contributed by atoms with E-state index in [1.807, 2.05) is 10.9 Å². The minimum absolute atomic E-state index is 0.325. The minimum atomic E-state index is 0.325. The van der Waals surface area contributed by atoms with Crippen LogP contribution in [-0.4, -0.2) is 21.0 Å². The first-order chi connectivity index (χ1) is 9.63. The first-order valence-corrected chi connectivity index (χ1v) is 7.80. The Kier molecular flexibility index (Phi) is 5.37. The number of aromatic nitrogens is 3. The minimum Gasteiger partial charge on any atom is -0.361 e. The van der Waals surface area contributed by atoms with Crippen molar-refractivity contribution in [1.82, 2.24) is 20.3 Å². The second-order valence-electron chi connectivity index (χ2n) is 4.90. The Hall–Kier alpha value is -1.14. The molecule has 1 N–H and O–H groups in total. The molecule has 5 nitrogen and oxygen atoms in total. The Labute approximate surface area is 127 Å². The van der Waals surface area contributed by atoms with Crippen LogP contribution in [-0.2, 0) is 25.9 Å². The van der Waals surface area contributed by atoms with Gasteiger partial charge in [0.15, 0.2) is 0 Å². The summed E-state index contributed by atoms with van der Waals surface area (Å²) in [5, 5.41) is 11.9. The van der Waals surface area contributed by atoms with Crippen LogP contribution in [0.5, 0.6) is 0 Å². The first kappa shape index (κ1) is 15.3. The van der Waals surface area contributed by atoms with Gasteiger partial charge in [0.1, 0.15) is 5.76 Å². The van der Waals surface area contributed by atoms with Crippen molar-refractivity contribution in [2.24, 2.45) is 0 Å². The summed E-state index contributed by atoms with van der Waals surface area (Å²) in [7, 11) is 0. The molecule has 2 heterocycles. The van der Waals surface area contributed by atoms with Crippen LogP contribution in [0.2, 0.25) is 0 Å². The molecule has 20 heavy (non-hydrogen) atoms. The number of nitrogens with one attached hydrogen (secondary N) is 1. The lowest BCUT2D eigenvalue weighted by Gasteiger charge is -2.14. The van der Waals surface area contributed by atoms with Gasteiger partial charge in [0.25, 0.3) is 0 Å². The Balaban J connectivity index is 1.92. The van der Waals surface area contributed by atoms with Gasteiger partial charge < -0.3 is 9.84 Å². The van der Waals surface area contributed by atoms with E-state index in [2.05, 4.69) is 52.3 Å². The van der Waals surface area contributed by atoms with Crippen LogP contribution in [0.1, 0.15) is 37.8 Å². The molecular weight excluding hydrogens is 320 g/mol. The highest BCUT2D eigenvalue weighted by atomic mass is 79.9. The van der Waals surface area contributed by atoms with Gasteiger partial charge in [0.2, 0.25) is 0 Å². The van der Waals surface area contributed by atoms with Gasteiger partial charge in [0, 0.05) is 30.8 Å². The van der Waals surface area contributed by atoms with Crippen LogP contribution >= 0.6 is 15.9 Å². The van der Waals surface area contributed by atoms with Gasteiger partial charge in [-0.1, -0.05) is 19.0 Å². The third kappa shape index (κ3) is 3.70. The average Bonchev–Trinajstić information content (AvgIpc) is 3.01. The van der Waals surface area contributed by atoms with E-state index in [0.29, 0.717) is 6.04 Å². The van der Waals surface area contributed by atoms with Crippen molar-refractivity contribution < 1.29 is 4.52 Å². The van der Waals surface area contributed by atoms with Crippen LogP contribution < -0.4 is 5.32 Å². The van der Waals surface area contributed by atoms with Crippen LogP contribution in [0, 0.1) is 0 Å². The molecule has 0 fully saturated rings. The molecule has 2 rings (SSSR count). The van der Waals surface area contributed by atoms with E-state index in [0.717, 1.165) is 41.9 Å². The number of aryl methyl sites for hydroxylation is 2. The molecule has 0 aromatic carbocycles. The normalized spacial score (nSPS) is 12.8. The topological polar surface area (TPSA) is 55.9 Å². The molecule has 0 aliphatic carbocycles. The molecule has 0 aliphatic rings. The highest BCUT2D eigenvalue weighted by Gasteiger charge is 2.14. The molecule has 0 aliphatic heterocycles. The lowest BCUT2D eigenvalue weighted by Crippen LogP contribution is -2.30. The number of rotatable bonds is 7. The van der Waals surface area contributed by atoms with Crippen molar-refractivity contribution in [3.8, 4) is 0 Å². The van der Waals surface area contributed by atoms with E-state index in [1.54, 1.807) is 6.20 Å². The fourth-order valence-electron chi connectivity index (χ4n) is 2.20. The van der Waals surface area contributed by atoms with E-state index in [-0.39, 0.29) is 0 Å². The molecule has 1 atom stereocenters. The van der Waals surface area contributed by atoms with Crippen LogP contribution in [0.4, 0.5) is 0 Å². The molecule has 2 aromatic heterocycles.